The normalized spacial score (nSPS) is 28.2. The summed E-state index contributed by atoms with van der Waals surface area (Å²) in [5.74, 6) is 0.585. The van der Waals surface area contributed by atoms with Crippen molar-refractivity contribution in [1.82, 2.24) is 20.0 Å². The Bertz CT molecular complexity index is 471. The zero-order valence-corrected chi connectivity index (χ0v) is 11.3. The van der Waals surface area contributed by atoms with Crippen molar-refractivity contribution < 1.29 is 4.79 Å². The van der Waals surface area contributed by atoms with Crippen LogP contribution >= 0.6 is 0 Å². The molecule has 1 aromatic rings. The number of nitrogens with two attached hydrogens (primary N) is 1. The summed E-state index contributed by atoms with van der Waals surface area (Å²) >= 11 is 0. The van der Waals surface area contributed by atoms with Crippen LogP contribution < -0.4 is 5.73 Å². The summed E-state index contributed by atoms with van der Waals surface area (Å²) < 4.78 is 0. The predicted molar refractivity (Wildman–Crippen MR) is 72.7 cm³/mol. The van der Waals surface area contributed by atoms with Gasteiger partial charge in [-0.15, -0.1) is 0 Å². The van der Waals surface area contributed by atoms with Gasteiger partial charge in [0.05, 0.1) is 11.9 Å². The van der Waals surface area contributed by atoms with Gasteiger partial charge >= 0.3 is 0 Å². The fourth-order valence-electron chi connectivity index (χ4n) is 3.46. The highest BCUT2D eigenvalue weighted by Gasteiger charge is 2.36. The molecule has 0 radical (unpaired) electrons. The predicted octanol–water partition coefficient (Wildman–Crippen LogP) is 0.548. The van der Waals surface area contributed by atoms with Crippen molar-refractivity contribution in [2.75, 3.05) is 32.4 Å². The van der Waals surface area contributed by atoms with Crippen molar-refractivity contribution in [3.05, 3.63) is 11.9 Å². The van der Waals surface area contributed by atoms with Gasteiger partial charge in [0.15, 0.2) is 0 Å². The van der Waals surface area contributed by atoms with E-state index in [9.17, 15) is 4.79 Å². The molecule has 2 aliphatic heterocycles. The zero-order chi connectivity index (χ0) is 13.4. The molecule has 2 saturated heterocycles. The number of hydrogen-bond donors (Lipinski definition) is 2. The van der Waals surface area contributed by atoms with Gasteiger partial charge < -0.3 is 15.5 Å². The first-order chi connectivity index (χ1) is 9.16. The number of carbonyl (C=O) groups excluding carboxylic acids is 1. The largest absolute Gasteiger partial charge is 0.396 e. The number of aromatic amines is 1. The van der Waals surface area contributed by atoms with Crippen molar-refractivity contribution in [2.45, 2.75) is 25.3 Å². The van der Waals surface area contributed by atoms with Crippen LogP contribution in [0, 0.1) is 5.92 Å². The molecule has 3 heterocycles. The Kier molecular flexibility index (Phi) is 3.18. The third kappa shape index (κ3) is 2.20. The van der Waals surface area contributed by atoms with Crippen molar-refractivity contribution in [2.24, 2.45) is 5.92 Å². The number of likely N-dealkylation sites (tertiary alicyclic amines) is 2. The number of amides is 1. The minimum atomic E-state index is -0.0123. The van der Waals surface area contributed by atoms with Gasteiger partial charge in [-0.1, -0.05) is 0 Å². The molecule has 2 fully saturated rings. The molecule has 3 rings (SSSR count). The van der Waals surface area contributed by atoms with E-state index in [-0.39, 0.29) is 5.91 Å². The maximum atomic E-state index is 12.4. The number of carbonyl (C=O) groups is 1. The first kappa shape index (κ1) is 12.5. The van der Waals surface area contributed by atoms with E-state index in [0.717, 1.165) is 19.5 Å². The third-order valence-electron chi connectivity index (χ3n) is 4.52. The van der Waals surface area contributed by atoms with Gasteiger partial charge in [0, 0.05) is 19.1 Å². The maximum Gasteiger partial charge on any atom is 0.274 e. The Morgan fingerprint density at radius 2 is 2.32 bits per heavy atom. The van der Waals surface area contributed by atoms with Crippen LogP contribution in [-0.4, -0.2) is 58.6 Å². The Morgan fingerprint density at radius 1 is 1.47 bits per heavy atom. The van der Waals surface area contributed by atoms with E-state index >= 15 is 0 Å². The average Bonchev–Trinajstić information content (AvgIpc) is 2.84. The van der Waals surface area contributed by atoms with Crippen molar-refractivity contribution >= 4 is 11.6 Å². The fourth-order valence-corrected chi connectivity index (χ4v) is 3.46. The number of nitrogens with one attached hydrogen (secondary N) is 1. The Labute approximate surface area is 112 Å². The van der Waals surface area contributed by atoms with Crippen molar-refractivity contribution in [3.8, 4) is 0 Å². The van der Waals surface area contributed by atoms with E-state index in [1.165, 1.54) is 25.6 Å². The van der Waals surface area contributed by atoms with Crippen LogP contribution in [0.1, 0.15) is 29.8 Å². The summed E-state index contributed by atoms with van der Waals surface area (Å²) in [5, 5.41) is 6.53. The van der Waals surface area contributed by atoms with Crippen LogP contribution in [0.4, 0.5) is 5.69 Å². The van der Waals surface area contributed by atoms with Gasteiger partial charge in [-0.3, -0.25) is 9.89 Å². The molecule has 2 unspecified atom stereocenters. The molecule has 3 N–H and O–H groups in total. The molecule has 1 aromatic heterocycles. The number of piperidine rings is 2. The Hall–Kier alpha value is -1.56. The lowest BCUT2D eigenvalue weighted by Gasteiger charge is -2.45. The lowest BCUT2D eigenvalue weighted by Crippen LogP contribution is -2.54. The van der Waals surface area contributed by atoms with E-state index in [0.29, 0.717) is 23.3 Å². The van der Waals surface area contributed by atoms with E-state index in [4.69, 9.17) is 5.73 Å². The molecule has 0 bridgehead atoms. The summed E-state index contributed by atoms with van der Waals surface area (Å²) in [7, 11) is 2.20. The van der Waals surface area contributed by atoms with Gasteiger partial charge in [-0.05, 0) is 38.8 Å². The van der Waals surface area contributed by atoms with Gasteiger partial charge in [-0.2, -0.15) is 5.10 Å². The zero-order valence-electron chi connectivity index (χ0n) is 11.3. The highest BCUT2D eigenvalue weighted by Crippen LogP contribution is 2.30. The van der Waals surface area contributed by atoms with E-state index in [1.54, 1.807) is 0 Å². The SMILES string of the molecule is CN1CCCC2CN(C(=O)c3[nH]ncc3N)CCC21. The van der Waals surface area contributed by atoms with E-state index in [2.05, 4.69) is 22.1 Å². The first-order valence-corrected chi connectivity index (χ1v) is 6.95. The number of anilines is 1. The number of nitrogen functional groups attached to an aromatic ring is 1. The number of aromatic nitrogens is 2. The molecule has 2 atom stereocenters. The molecule has 6 nitrogen and oxygen atoms in total. The quantitative estimate of drug-likeness (QED) is 0.775. The smallest absolute Gasteiger partial charge is 0.274 e. The van der Waals surface area contributed by atoms with Gasteiger partial charge in [0.25, 0.3) is 5.91 Å². The minimum absolute atomic E-state index is 0.0123. The Morgan fingerprint density at radius 3 is 3.05 bits per heavy atom. The molecule has 104 valence electrons. The minimum Gasteiger partial charge on any atom is -0.396 e. The van der Waals surface area contributed by atoms with Crippen LogP contribution in [0.5, 0.6) is 0 Å². The van der Waals surface area contributed by atoms with E-state index < -0.39 is 0 Å². The number of hydrogen-bond acceptors (Lipinski definition) is 4. The fraction of sp³-hybridized carbons (Fsp3) is 0.692. The average molecular weight is 263 g/mol. The second kappa shape index (κ2) is 4.85. The summed E-state index contributed by atoms with van der Waals surface area (Å²) in [6.45, 7) is 2.83. The molecular formula is C13H21N5O. The number of rotatable bonds is 1. The highest BCUT2D eigenvalue weighted by atomic mass is 16.2. The highest BCUT2D eigenvalue weighted by molar-refractivity contribution is 5.97. The lowest BCUT2D eigenvalue weighted by atomic mass is 9.84. The maximum absolute atomic E-state index is 12.4. The van der Waals surface area contributed by atoms with Gasteiger partial charge in [-0.25, -0.2) is 0 Å². The molecule has 2 aliphatic rings. The topological polar surface area (TPSA) is 78.2 Å². The summed E-state index contributed by atoms with van der Waals surface area (Å²) in [5.41, 5.74) is 6.62. The number of nitrogens with zero attached hydrogens (tertiary/aromatic N) is 3. The summed E-state index contributed by atoms with van der Waals surface area (Å²) in [6.07, 6.45) is 5.00. The monoisotopic (exact) mass is 263 g/mol. The summed E-state index contributed by atoms with van der Waals surface area (Å²) in [6, 6.07) is 0.636. The Balaban J connectivity index is 1.71. The lowest BCUT2D eigenvalue weighted by molar-refractivity contribution is 0.0314. The van der Waals surface area contributed by atoms with E-state index in [1.807, 2.05) is 4.90 Å². The molecule has 0 aromatic carbocycles. The van der Waals surface area contributed by atoms with Crippen molar-refractivity contribution in [3.63, 3.8) is 0 Å². The van der Waals surface area contributed by atoms with Crippen LogP contribution in [0.15, 0.2) is 6.20 Å². The molecule has 1 amide bonds. The van der Waals surface area contributed by atoms with Crippen LogP contribution in [0.2, 0.25) is 0 Å². The number of H-pyrrole nitrogens is 1. The summed E-state index contributed by atoms with van der Waals surface area (Å²) in [4.78, 5) is 16.8. The molecule has 0 aliphatic carbocycles. The second-order valence-corrected chi connectivity index (χ2v) is 5.69. The van der Waals surface area contributed by atoms with Crippen LogP contribution in [0.25, 0.3) is 0 Å². The van der Waals surface area contributed by atoms with Crippen LogP contribution in [0.3, 0.4) is 0 Å². The third-order valence-corrected chi connectivity index (χ3v) is 4.52. The molecule has 19 heavy (non-hydrogen) atoms. The standard InChI is InChI=1S/C13H21N5O/c1-17-5-2-3-9-8-18(6-4-11(9)17)13(19)12-10(14)7-15-16-12/h7,9,11H,2-6,8,14H2,1H3,(H,15,16). The van der Waals surface area contributed by atoms with Gasteiger partial charge in [0.2, 0.25) is 0 Å². The van der Waals surface area contributed by atoms with Gasteiger partial charge in [0.1, 0.15) is 5.69 Å². The van der Waals surface area contributed by atoms with Crippen molar-refractivity contribution in [1.29, 1.82) is 0 Å². The molecule has 6 heteroatoms. The van der Waals surface area contributed by atoms with Crippen LogP contribution in [-0.2, 0) is 0 Å². The first-order valence-electron chi connectivity index (χ1n) is 6.95. The molecular weight excluding hydrogens is 242 g/mol. The molecule has 0 saturated carbocycles. The number of fused-ring (bicyclic) bond motifs is 1. The second-order valence-electron chi connectivity index (χ2n) is 5.69. The molecule has 0 spiro atoms.